The molecule has 0 saturated heterocycles. The van der Waals surface area contributed by atoms with Gasteiger partial charge < -0.3 is 9.80 Å². The van der Waals surface area contributed by atoms with Gasteiger partial charge in [-0.1, -0.05) is 63.6 Å². The Hall–Kier alpha value is -2.98. The lowest BCUT2D eigenvalue weighted by Gasteiger charge is -2.30. The fourth-order valence-corrected chi connectivity index (χ4v) is 4.03. The third kappa shape index (κ3) is 8.82. The normalized spacial score (nSPS) is 19.7. The molecule has 0 bridgehead atoms. The molecule has 1 unspecified atom stereocenters. The van der Waals surface area contributed by atoms with Gasteiger partial charge in [0.15, 0.2) is 0 Å². The second kappa shape index (κ2) is 14.7. The number of hydrogen-bond donors (Lipinski definition) is 0. The molecule has 4 nitrogen and oxygen atoms in total. The van der Waals surface area contributed by atoms with E-state index in [0.717, 1.165) is 59.5 Å². The molecule has 0 aromatic rings. The highest BCUT2D eigenvalue weighted by atomic mass is 15.2. The summed E-state index contributed by atoms with van der Waals surface area (Å²) in [7, 11) is 3.94. The molecule has 0 radical (unpaired) electrons. The number of likely N-dealkylation sites (N-methyl/N-ethyl adjacent to an activating group) is 1. The minimum absolute atomic E-state index is 0.784. The number of aliphatic imine (C=N–C) groups is 2. The molecule has 3 aliphatic heterocycles. The SMILES string of the molecule is C=C(C)/C(C)=C/C(=NC)C1=CC(=C)N2C=C(C3=CCN(C)CC3)C=CC2=N1.CCC/C=C(/C)C(C)CC. The zero-order valence-corrected chi connectivity index (χ0v) is 24.6. The maximum Gasteiger partial charge on any atom is 0.137 e. The molecule has 200 valence electrons. The van der Waals surface area contributed by atoms with Crippen molar-refractivity contribution in [2.75, 3.05) is 27.2 Å². The standard InChI is InChI=1S/C23H28N4.C10H20/c1-16(2)17(3)13-21(24-5)22-14-18(4)27-15-20(7-8-23(27)25-22)19-9-11-26(6)12-10-19;1-5-7-8-10(4)9(3)6-2/h7-9,13-15H,1,4,10-12H2,2-3,5-6H3;8-9H,5-7H2,1-4H3/b17-13+,24-21?;10-8-. The second-order valence-corrected chi connectivity index (χ2v) is 10.3. The van der Waals surface area contributed by atoms with Crippen LogP contribution in [0.2, 0.25) is 0 Å². The molecule has 0 aliphatic carbocycles. The van der Waals surface area contributed by atoms with Crippen molar-refractivity contribution < 1.29 is 0 Å². The topological polar surface area (TPSA) is 31.2 Å². The van der Waals surface area contributed by atoms with Gasteiger partial charge in [0.25, 0.3) is 0 Å². The fraction of sp³-hybridized carbons (Fsp3) is 0.455. The summed E-state index contributed by atoms with van der Waals surface area (Å²) in [4.78, 5) is 13.6. The number of fused-ring (bicyclic) bond motifs is 1. The number of unbranched alkanes of at least 4 members (excludes halogenated alkanes) is 1. The van der Waals surface area contributed by atoms with Crippen LogP contribution in [0.3, 0.4) is 0 Å². The Balaban J connectivity index is 0.000000410. The average molecular weight is 501 g/mol. The molecule has 3 aliphatic rings. The van der Waals surface area contributed by atoms with Crippen LogP contribution in [0.1, 0.15) is 67.2 Å². The van der Waals surface area contributed by atoms with Crippen molar-refractivity contribution in [2.45, 2.75) is 67.2 Å². The van der Waals surface area contributed by atoms with Gasteiger partial charge in [-0.2, -0.15) is 0 Å². The molecule has 0 N–H and O–H groups in total. The number of amidine groups is 1. The van der Waals surface area contributed by atoms with Crippen molar-refractivity contribution in [1.29, 1.82) is 0 Å². The van der Waals surface area contributed by atoms with E-state index in [-0.39, 0.29) is 0 Å². The highest BCUT2D eigenvalue weighted by molar-refractivity contribution is 6.12. The Kier molecular flexibility index (Phi) is 12.0. The zero-order valence-electron chi connectivity index (χ0n) is 24.6. The maximum atomic E-state index is 4.81. The van der Waals surface area contributed by atoms with Crippen molar-refractivity contribution in [1.82, 2.24) is 9.80 Å². The van der Waals surface area contributed by atoms with Gasteiger partial charge in [0.2, 0.25) is 0 Å². The van der Waals surface area contributed by atoms with Crippen LogP contribution >= 0.6 is 0 Å². The summed E-state index contributed by atoms with van der Waals surface area (Å²) < 4.78 is 0. The lowest BCUT2D eigenvalue weighted by Crippen LogP contribution is -2.30. The van der Waals surface area contributed by atoms with Gasteiger partial charge in [0.1, 0.15) is 5.84 Å². The minimum Gasteiger partial charge on any atom is -0.302 e. The van der Waals surface area contributed by atoms with Crippen LogP contribution in [-0.4, -0.2) is 48.5 Å². The van der Waals surface area contributed by atoms with Gasteiger partial charge >= 0.3 is 0 Å². The van der Waals surface area contributed by atoms with E-state index in [4.69, 9.17) is 4.99 Å². The molecule has 3 heterocycles. The zero-order chi connectivity index (χ0) is 27.5. The Labute approximate surface area is 226 Å². The van der Waals surface area contributed by atoms with Gasteiger partial charge in [-0.15, -0.1) is 0 Å². The molecule has 37 heavy (non-hydrogen) atoms. The number of hydrogen-bond acceptors (Lipinski definition) is 4. The van der Waals surface area contributed by atoms with E-state index in [9.17, 15) is 0 Å². The van der Waals surface area contributed by atoms with Crippen LogP contribution in [0.25, 0.3) is 0 Å². The summed E-state index contributed by atoms with van der Waals surface area (Å²) in [6.45, 7) is 23.4. The smallest absolute Gasteiger partial charge is 0.137 e. The summed E-state index contributed by atoms with van der Waals surface area (Å²) in [5.41, 5.74) is 8.87. The van der Waals surface area contributed by atoms with Gasteiger partial charge in [-0.25, -0.2) is 4.99 Å². The molecule has 4 heteroatoms. The first-order chi connectivity index (χ1) is 17.6. The van der Waals surface area contributed by atoms with E-state index >= 15 is 0 Å². The molecule has 0 aromatic carbocycles. The van der Waals surface area contributed by atoms with E-state index in [2.05, 4.69) is 93.2 Å². The molecule has 1 atom stereocenters. The largest absolute Gasteiger partial charge is 0.302 e. The summed E-state index contributed by atoms with van der Waals surface area (Å²) in [6, 6.07) is 0. The van der Waals surface area contributed by atoms with Crippen LogP contribution in [0.4, 0.5) is 0 Å². The molecule has 0 saturated carbocycles. The predicted octanol–water partition coefficient (Wildman–Crippen LogP) is 8.19. The third-order valence-corrected chi connectivity index (χ3v) is 7.23. The monoisotopic (exact) mass is 500 g/mol. The maximum absolute atomic E-state index is 4.81. The van der Waals surface area contributed by atoms with E-state index in [1.807, 2.05) is 26.0 Å². The second-order valence-electron chi connectivity index (χ2n) is 10.3. The molecular weight excluding hydrogens is 452 g/mol. The van der Waals surface area contributed by atoms with Crippen molar-refractivity contribution in [3.63, 3.8) is 0 Å². The number of nitrogens with zero attached hydrogens (tertiary/aromatic N) is 4. The molecular formula is C33H48N4. The molecule has 0 aromatic heterocycles. The Morgan fingerprint density at radius 3 is 2.51 bits per heavy atom. The van der Waals surface area contributed by atoms with Crippen molar-refractivity contribution >= 4 is 11.5 Å². The van der Waals surface area contributed by atoms with Gasteiger partial charge in [0, 0.05) is 32.0 Å². The van der Waals surface area contributed by atoms with E-state index in [1.54, 1.807) is 12.6 Å². The Bertz CT molecular complexity index is 1100. The van der Waals surface area contributed by atoms with Crippen LogP contribution in [0, 0.1) is 5.92 Å². The van der Waals surface area contributed by atoms with Crippen molar-refractivity contribution in [3.05, 3.63) is 95.1 Å². The fourth-order valence-electron chi connectivity index (χ4n) is 4.03. The van der Waals surface area contributed by atoms with Gasteiger partial charge in [-0.05, 0) is 94.0 Å². The van der Waals surface area contributed by atoms with Crippen molar-refractivity contribution in [2.24, 2.45) is 15.9 Å². The first-order valence-electron chi connectivity index (χ1n) is 13.7. The highest BCUT2D eigenvalue weighted by Crippen LogP contribution is 2.28. The predicted molar refractivity (Wildman–Crippen MR) is 164 cm³/mol. The Morgan fingerprint density at radius 1 is 1.22 bits per heavy atom. The number of rotatable bonds is 8. The summed E-state index contributed by atoms with van der Waals surface area (Å²) in [5, 5.41) is 0. The average Bonchev–Trinajstić information content (AvgIpc) is 2.90. The third-order valence-electron chi connectivity index (χ3n) is 7.23. The van der Waals surface area contributed by atoms with Crippen molar-refractivity contribution in [3.8, 4) is 0 Å². The van der Waals surface area contributed by atoms with Crippen LogP contribution < -0.4 is 0 Å². The minimum atomic E-state index is 0.784. The summed E-state index contributed by atoms with van der Waals surface area (Å²) >= 11 is 0. The molecule has 0 spiro atoms. The van der Waals surface area contributed by atoms with Gasteiger partial charge in [0.05, 0.1) is 11.4 Å². The first-order valence-corrected chi connectivity index (χ1v) is 13.7. The van der Waals surface area contributed by atoms with Crippen LogP contribution in [0.5, 0.6) is 0 Å². The number of allylic oxidation sites excluding steroid dienone is 8. The van der Waals surface area contributed by atoms with E-state index in [0.29, 0.717) is 0 Å². The molecule has 3 rings (SSSR count). The first kappa shape index (κ1) is 30.2. The van der Waals surface area contributed by atoms with Crippen LogP contribution in [-0.2, 0) is 0 Å². The van der Waals surface area contributed by atoms with E-state index in [1.165, 1.54) is 30.4 Å². The van der Waals surface area contributed by atoms with E-state index < -0.39 is 0 Å². The lowest BCUT2D eigenvalue weighted by atomic mass is 9.97. The lowest BCUT2D eigenvalue weighted by molar-refractivity contribution is 0.360. The van der Waals surface area contributed by atoms with Crippen LogP contribution in [0.15, 0.2) is 105 Å². The van der Waals surface area contributed by atoms with Gasteiger partial charge in [-0.3, -0.25) is 4.99 Å². The summed E-state index contributed by atoms with van der Waals surface area (Å²) in [5.74, 6) is 1.66. The molecule has 0 fully saturated rings. The molecule has 0 amide bonds. The Morgan fingerprint density at radius 2 is 1.95 bits per heavy atom. The quantitative estimate of drug-likeness (QED) is 0.191. The summed E-state index contributed by atoms with van der Waals surface area (Å²) in [6.07, 6.45) is 19.9. The highest BCUT2D eigenvalue weighted by Gasteiger charge is 2.22.